The fraction of sp³-hybridized carbons (Fsp3) is 0.278. The van der Waals surface area contributed by atoms with E-state index in [2.05, 4.69) is 4.98 Å². The second-order valence-corrected chi connectivity index (χ2v) is 5.69. The molecule has 0 saturated carbocycles. The van der Waals surface area contributed by atoms with Crippen LogP contribution >= 0.6 is 0 Å². The van der Waals surface area contributed by atoms with Crippen molar-refractivity contribution in [3.63, 3.8) is 0 Å². The lowest BCUT2D eigenvalue weighted by Crippen LogP contribution is -2.50. The number of nitrogens with zero attached hydrogens (tertiary/aromatic N) is 2. The third-order valence-electron chi connectivity index (χ3n) is 4.22. The maximum Gasteiger partial charge on any atom is 0.329 e. The number of likely N-dealkylation sites (N-methyl/N-ethyl adjacent to an activating group) is 1. The van der Waals surface area contributed by atoms with Crippen LogP contribution in [0.4, 0.5) is 5.69 Å². The van der Waals surface area contributed by atoms with Gasteiger partial charge in [-0.05, 0) is 11.6 Å². The molecule has 118 valence electrons. The molecule has 0 aliphatic carbocycles. The summed E-state index contributed by atoms with van der Waals surface area (Å²) in [4.78, 5) is 30.8. The molecule has 2 heterocycles. The largest absolute Gasteiger partial charge is 0.459 e. The number of carbonyl (C=O) groups is 2. The van der Waals surface area contributed by atoms with Gasteiger partial charge in [-0.25, -0.2) is 4.79 Å². The Balaban J connectivity index is 1.79. The minimum absolute atomic E-state index is 0.0536. The number of hydrogen-bond acceptors (Lipinski definition) is 5. The molecule has 1 aromatic carbocycles. The monoisotopic (exact) mass is 310 g/mol. The van der Waals surface area contributed by atoms with Crippen molar-refractivity contribution >= 4 is 17.4 Å². The van der Waals surface area contributed by atoms with Crippen molar-refractivity contribution < 1.29 is 14.3 Å². The van der Waals surface area contributed by atoms with Crippen molar-refractivity contribution in [2.75, 3.05) is 11.9 Å². The fourth-order valence-electron chi connectivity index (χ4n) is 2.93. The molecule has 0 fully saturated rings. The van der Waals surface area contributed by atoms with E-state index >= 15 is 0 Å². The lowest BCUT2D eigenvalue weighted by molar-refractivity contribution is -0.147. The van der Waals surface area contributed by atoms with Gasteiger partial charge in [0.2, 0.25) is 0 Å². The number of rotatable bonds is 3. The Morgan fingerprint density at radius 2 is 2.00 bits per heavy atom. The van der Waals surface area contributed by atoms with Gasteiger partial charge in [-0.2, -0.15) is 0 Å². The highest BCUT2D eigenvalue weighted by molar-refractivity contribution is 6.08. The van der Waals surface area contributed by atoms with E-state index in [1.807, 2.05) is 30.3 Å². The predicted molar refractivity (Wildman–Crippen MR) is 86.2 cm³/mol. The zero-order valence-corrected chi connectivity index (χ0v) is 13.1. The minimum atomic E-state index is -0.636. The second-order valence-electron chi connectivity index (χ2n) is 5.69. The van der Waals surface area contributed by atoms with Crippen molar-refractivity contribution in [3.8, 4) is 0 Å². The standard InChI is InChI=1S/C18H18N2O3/c1-12-16(18(22)23-11-13-6-4-3-5-7-13)20(2)15-10-19-9-8-14(15)17(12)21/h3-10,12,16H,11H2,1-2H3. The maximum atomic E-state index is 12.5. The Morgan fingerprint density at radius 3 is 2.74 bits per heavy atom. The molecule has 0 saturated heterocycles. The summed E-state index contributed by atoms with van der Waals surface area (Å²) in [6.45, 7) is 1.96. The molecule has 3 rings (SSSR count). The van der Waals surface area contributed by atoms with Crippen LogP contribution in [-0.4, -0.2) is 29.8 Å². The molecule has 0 amide bonds. The maximum absolute atomic E-state index is 12.5. The number of fused-ring (bicyclic) bond motifs is 1. The molecule has 1 aliphatic heterocycles. The smallest absolute Gasteiger partial charge is 0.329 e. The van der Waals surface area contributed by atoms with Gasteiger partial charge in [0.25, 0.3) is 0 Å². The van der Waals surface area contributed by atoms with Gasteiger partial charge in [-0.15, -0.1) is 0 Å². The molecule has 0 radical (unpaired) electrons. The van der Waals surface area contributed by atoms with Gasteiger partial charge in [0.05, 0.1) is 17.8 Å². The van der Waals surface area contributed by atoms with Gasteiger partial charge < -0.3 is 9.64 Å². The van der Waals surface area contributed by atoms with Crippen molar-refractivity contribution in [1.29, 1.82) is 0 Å². The fourth-order valence-corrected chi connectivity index (χ4v) is 2.93. The lowest BCUT2D eigenvalue weighted by atomic mass is 9.86. The second kappa shape index (κ2) is 6.20. The van der Waals surface area contributed by atoms with Gasteiger partial charge in [0, 0.05) is 18.8 Å². The van der Waals surface area contributed by atoms with Crippen LogP contribution in [0.3, 0.4) is 0 Å². The van der Waals surface area contributed by atoms with E-state index in [0.717, 1.165) is 5.56 Å². The highest BCUT2D eigenvalue weighted by atomic mass is 16.5. The number of ether oxygens (including phenoxy) is 1. The number of hydrogen-bond donors (Lipinski definition) is 0. The molecule has 0 bridgehead atoms. The van der Waals surface area contributed by atoms with Gasteiger partial charge in [-0.3, -0.25) is 9.78 Å². The summed E-state index contributed by atoms with van der Waals surface area (Å²) in [5.41, 5.74) is 2.18. The Morgan fingerprint density at radius 1 is 1.26 bits per heavy atom. The third-order valence-corrected chi connectivity index (χ3v) is 4.22. The van der Waals surface area contributed by atoms with Gasteiger partial charge >= 0.3 is 5.97 Å². The van der Waals surface area contributed by atoms with E-state index in [9.17, 15) is 9.59 Å². The zero-order valence-electron chi connectivity index (χ0n) is 13.1. The summed E-state index contributed by atoms with van der Waals surface area (Å²) in [7, 11) is 1.79. The number of anilines is 1. The van der Waals surface area contributed by atoms with Crippen LogP contribution in [0.1, 0.15) is 22.8 Å². The Kier molecular flexibility index (Phi) is 4.10. The highest BCUT2D eigenvalue weighted by Gasteiger charge is 2.41. The molecular weight excluding hydrogens is 292 g/mol. The molecule has 2 unspecified atom stereocenters. The number of aromatic nitrogens is 1. The number of pyridine rings is 1. The van der Waals surface area contributed by atoms with E-state index in [1.165, 1.54) is 0 Å². The van der Waals surface area contributed by atoms with Crippen molar-refractivity contribution in [2.45, 2.75) is 19.6 Å². The summed E-state index contributed by atoms with van der Waals surface area (Å²) in [6.07, 6.45) is 3.20. The first-order valence-electron chi connectivity index (χ1n) is 7.51. The zero-order chi connectivity index (χ0) is 16.4. The summed E-state index contributed by atoms with van der Waals surface area (Å²) < 4.78 is 5.42. The SMILES string of the molecule is CC1C(=O)c2ccncc2N(C)C1C(=O)OCc1ccccc1. The first-order chi connectivity index (χ1) is 11.1. The third kappa shape index (κ3) is 2.82. The summed E-state index contributed by atoms with van der Waals surface area (Å²) in [5, 5.41) is 0. The molecule has 2 aromatic rings. The molecule has 5 heteroatoms. The van der Waals surface area contributed by atoms with E-state index in [1.54, 1.807) is 37.3 Å². The lowest BCUT2D eigenvalue weighted by Gasteiger charge is -2.37. The molecule has 1 aliphatic rings. The van der Waals surface area contributed by atoms with E-state index < -0.39 is 17.9 Å². The topological polar surface area (TPSA) is 59.5 Å². The summed E-state index contributed by atoms with van der Waals surface area (Å²) in [5.74, 6) is -0.910. The molecule has 5 nitrogen and oxygen atoms in total. The molecule has 1 aromatic heterocycles. The number of esters is 1. The van der Waals surface area contributed by atoms with Crippen LogP contribution < -0.4 is 4.90 Å². The molecule has 23 heavy (non-hydrogen) atoms. The Hall–Kier alpha value is -2.69. The normalized spacial score (nSPS) is 20.1. The first kappa shape index (κ1) is 15.2. The van der Waals surface area contributed by atoms with Crippen LogP contribution in [0, 0.1) is 5.92 Å². The molecule has 2 atom stereocenters. The first-order valence-corrected chi connectivity index (χ1v) is 7.51. The molecular formula is C18H18N2O3. The van der Waals surface area contributed by atoms with E-state index in [4.69, 9.17) is 4.74 Å². The number of Topliss-reactive ketones (excluding diaryl/α,β-unsaturated/α-hetero) is 1. The van der Waals surface area contributed by atoms with Gasteiger partial charge in [0.1, 0.15) is 12.6 Å². The van der Waals surface area contributed by atoms with Crippen LogP contribution in [0.5, 0.6) is 0 Å². The minimum Gasteiger partial charge on any atom is -0.459 e. The van der Waals surface area contributed by atoms with Crippen LogP contribution in [0.25, 0.3) is 0 Å². The molecule has 0 spiro atoms. The van der Waals surface area contributed by atoms with Crippen molar-refractivity contribution in [2.24, 2.45) is 5.92 Å². The van der Waals surface area contributed by atoms with Crippen molar-refractivity contribution in [1.82, 2.24) is 4.98 Å². The Labute approximate surface area is 134 Å². The summed E-state index contributed by atoms with van der Waals surface area (Å²) in [6, 6.07) is 10.5. The number of benzene rings is 1. The summed E-state index contributed by atoms with van der Waals surface area (Å²) >= 11 is 0. The van der Waals surface area contributed by atoms with E-state index in [0.29, 0.717) is 11.3 Å². The van der Waals surface area contributed by atoms with Gasteiger partial charge in [0.15, 0.2) is 5.78 Å². The average Bonchev–Trinajstić information content (AvgIpc) is 2.59. The van der Waals surface area contributed by atoms with Crippen molar-refractivity contribution in [3.05, 3.63) is 59.9 Å². The van der Waals surface area contributed by atoms with E-state index in [-0.39, 0.29) is 12.4 Å². The Bertz CT molecular complexity index is 730. The van der Waals surface area contributed by atoms with Crippen LogP contribution in [-0.2, 0) is 16.1 Å². The quantitative estimate of drug-likeness (QED) is 0.815. The average molecular weight is 310 g/mol. The van der Waals surface area contributed by atoms with Crippen LogP contribution in [0.15, 0.2) is 48.8 Å². The molecule has 0 N–H and O–H groups in total. The highest BCUT2D eigenvalue weighted by Crippen LogP contribution is 2.32. The van der Waals surface area contributed by atoms with Gasteiger partial charge in [-0.1, -0.05) is 37.3 Å². The number of carbonyl (C=O) groups excluding carboxylic acids is 2. The predicted octanol–water partition coefficient (Wildman–Crippen LogP) is 2.46. The van der Waals surface area contributed by atoms with Crippen LogP contribution in [0.2, 0.25) is 0 Å². The number of ketones is 1.